The summed E-state index contributed by atoms with van der Waals surface area (Å²) in [4.78, 5) is 4.59. The van der Waals surface area contributed by atoms with Crippen LogP contribution in [0.2, 0.25) is 0 Å². The Kier molecular flexibility index (Phi) is 4.40. The number of benzene rings is 3. The van der Waals surface area contributed by atoms with Crippen LogP contribution >= 0.6 is 15.9 Å². The summed E-state index contributed by atoms with van der Waals surface area (Å²) in [5, 5.41) is 18.1. The van der Waals surface area contributed by atoms with Gasteiger partial charge < -0.3 is 9.84 Å². The Labute approximate surface area is 182 Å². The highest BCUT2D eigenvalue weighted by atomic mass is 79.9. The number of nitrogens with zero attached hydrogens (tertiary/aromatic N) is 3. The molecule has 0 spiro atoms. The summed E-state index contributed by atoms with van der Waals surface area (Å²) in [7, 11) is 1.52. The van der Waals surface area contributed by atoms with Gasteiger partial charge in [-0.3, -0.25) is 0 Å². The number of alkyl halides is 4. The summed E-state index contributed by atoms with van der Waals surface area (Å²) in [5.41, 5.74) is 1.94. The number of fused-ring (bicyclic) bond motifs is 4. The molecular formula is C22H13BrF3N3O2. The third kappa shape index (κ3) is 2.95. The predicted octanol–water partition coefficient (Wildman–Crippen LogP) is 4.27. The molecule has 3 aromatic carbocycles. The fraction of sp³-hybridized carbons (Fsp3) is 0.136. The number of hydrogen-bond acceptors (Lipinski definition) is 4. The molecule has 4 aromatic rings. The molecule has 0 bridgehead atoms. The molecule has 0 N–H and O–H groups in total. The smallest absolute Gasteiger partial charge is 0.416 e. The van der Waals surface area contributed by atoms with Gasteiger partial charge in [-0.05, 0) is 39.4 Å². The van der Waals surface area contributed by atoms with Gasteiger partial charge in [0, 0.05) is 22.7 Å². The van der Waals surface area contributed by atoms with Gasteiger partial charge in [-0.2, -0.15) is 13.2 Å². The van der Waals surface area contributed by atoms with Crippen molar-refractivity contribution in [3.05, 3.63) is 54.1 Å². The molecule has 5 rings (SSSR count). The minimum Gasteiger partial charge on any atom is -0.857 e. The van der Waals surface area contributed by atoms with Gasteiger partial charge >= 0.3 is 6.18 Å². The lowest BCUT2D eigenvalue weighted by atomic mass is 10.0. The van der Waals surface area contributed by atoms with E-state index >= 15 is 0 Å². The fourth-order valence-corrected chi connectivity index (χ4v) is 4.10. The van der Waals surface area contributed by atoms with E-state index in [2.05, 4.69) is 26.0 Å². The summed E-state index contributed by atoms with van der Waals surface area (Å²) in [6, 6.07) is 12.6. The quantitative estimate of drug-likeness (QED) is 0.165. The normalized spacial score (nSPS) is 13.1. The standard InChI is InChI=1S/C22H13BrF3N3O2/c1-31-16-8-5-11-3-2-4-13-18(11)19(16)20-21(13)29(28-17(30)10-23)15-7-6-12(22(24,25)26)9-14(15)27-20/h2-9H,10H2,1H3. The van der Waals surface area contributed by atoms with Crippen LogP contribution in [0.15, 0.2) is 53.6 Å². The minimum atomic E-state index is -4.52. The van der Waals surface area contributed by atoms with Crippen LogP contribution in [-0.2, 0) is 6.18 Å². The highest BCUT2D eigenvalue weighted by Gasteiger charge is 2.37. The molecule has 0 saturated heterocycles. The monoisotopic (exact) mass is 487 g/mol. The number of aromatic nitrogens is 2. The number of halogens is 4. The zero-order valence-corrected chi connectivity index (χ0v) is 17.6. The SMILES string of the molecule is COc1ccc2cccc3c2c1-c1nc2cc(C(F)(F)F)ccc2[n+](/N=C(\[O-])CBr)c1-3. The highest BCUT2D eigenvalue weighted by molar-refractivity contribution is 9.09. The van der Waals surface area contributed by atoms with Crippen LogP contribution in [0.3, 0.4) is 0 Å². The van der Waals surface area contributed by atoms with Gasteiger partial charge in [-0.25, -0.2) is 4.98 Å². The second-order valence-electron chi connectivity index (χ2n) is 7.00. The number of hydrogen-bond donors (Lipinski definition) is 0. The number of ether oxygens (including phenoxy) is 1. The molecule has 156 valence electrons. The van der Waals surface area contributed by atoms with Gasteiger partial charge in [0.2, 0.25) is 0 Å². The molecule has 9 heteroatoms. The van der Waals surface area contributed by atoms with Crippen molar-refractivity contribution in [2.24, 2.45) is 5.10 Å². The zero-order valence-electron chi connectivity index (χ0n) is 16.0. The molecule has 0 unspecified atom stereocenters. The van der Waals surface area contributed by atoms with Crippen molar-refractivity contribution in [3.63, 3.8) is 0 Å². The van der Waals surface area contributed by atoms with E-state index in [1.54, 1.807) is 6.07 Å². The van der Waals surface area contributed by atoms with Crippen molar-refractivity contribution in [2.75, 3.05) is 12.4 Å². The maximum Gasteiger partial charge on any atom is 0.416 e. The van der Waals surface area contributed by atoms with E-state index in [0.29, 0.717) is 28.2 Å². The van der Waals surface area contributed by atoms with Crippen molar-refractivity contribution in [1.82, 2.24) is 4.98 Å². The number of methoxy groups -OCH3 is 1. The van der Waals surface area contributed by atoms with E-state index in [1.165, 1.54) is 17.9 Å². The Morgan fingerprint density at radius 2 is 2.00 bits per heavy atom. The van der Waals surface area contributed by atoms with Gasteiger partial charge in [-0.15, -0.1) is 0 Å². The van der Waals surface area contributed by atoms with Crippen LogP contribution in [0.5, 0.6) is 5.75 Å². The van der Waals surface area contributed by atoms with E-state index in [1.807, 2.05) is 24.3 Å². The molecule has 0 amide bonds. The minimum absolute atomic E-state index is 0.0281. The molecule has 5 nitrogen and oxygen atoms in total. The van der Waals surface area contributed by atoms with Crippen LogP contribution in [-0.4, -0.2) is 23.3 Å². The van der Waals surface area contributed by atoms with Crippen LogP contribution in [0.25, 0.3) is 44.3 Å². The highest BCUT2D eigenvalue weighted by Crippen LogP contribution is 2.49. The van der Waals surface area contributed by atoms with Crippen LogP contribution in [0, 0.1) is 0 Å². The largest absolute Gasteiger partial charge is 0.857 e. The van der Waals surface area contributed by atoms with E-state index < -0.39 is 17.6 Å². The molecule has 0 fully saturated rings. The lowest BCUT2D eigenvalue weighted by molar-refractivity contribution is -0.644. The average molecular weight is 488 g/mol. The Morgan fingerprint density at radius 1 is 1.19 bits per heavy atom. The van der Waals surface area contributed by atoms with Crippen LogP contribution < -0.4 is 14.5 Å². The second-order valence-corrected chi connectivity index (χ2v) is 7.56. The molecule has 1 aliphatic rings. The second kappa shape index (κ2) is 6.91. The van der Waals surface area contributed by atoms with Gasteiger partial charge in [0.25, 0.3) is 11.2 Å². The Balaban J connectivity index is 1.97. The number of rotatable bonds is 3. The lowest BCUT2D eigenvalue weighted by Gasteiger charge is -2.10. The van der Waals surface area contributed by atoms with Crippen molar-refractivity contribution in [2.45, 2.75) is 6.18 Å². The Hall–Kier alpha value is -3.20. The molecule has 1 aromatic heterocycles. The predicted molar refractivity (Wildman–Crippen MR) is 112 cm³/mol. The summed E-state index contributed by atoms with van der Waals surface area (Å²) >= 11 is 3.09. The Bertz CT molecular complexity index is 1420. The summed E-state index contributed by atoms with van der Waals surface area (Å²) in [5.74, 6) is 0.0607. The summed E-state index contributed by atoms with van der Waals surface area (Å²) in [6.07, 6.45) is -4.52. The fourth-order valence-electron chi connectivity index (χ4n) is 3.98. The van der Waals surface area contributed by atoms with E-state index in [-0.39, 0.29) is 10.8 Å². The van der Waals surface area contributed by atoms with E-state index in [9.17, 15) is 18.3 Å². The zero-order chi connectivity index (χ0) is 21.9. The maximum absolute atomic E-state index is 13.3. The maximum atomic E-state index is 13.3. The summed E-state index contributed by atoms with van der Waals surface area (Å²) in [6.45, 7) is 0. The first-order valence-corrected chi connectivity index (χ1v) is 10.3. The molecular weight excluding hydrogens is 475 g/mol. The third-order valence-corrected chi connectivity index (χ3v) is 5.72. The van der Waals surface area contributed by atoms with E-state index in [0.717, 1.165) is 28.5 Å². The first kappa shape index (κ1) is 19.7. The van der Waals surface area contributed by atoms with Crippen LogP contribution in [0.4, 0.5) is 13.2 Å². The van der Waals surface area contributed by atoms with Crippen LogP contribution in [0.1, 0.15) is 5.56 Å². The van der Waals surface area contributed by atoms with Gasteiger partial charge in [0.15, 0.2) is 5.69 Å². The van der Waals surface area contributed by atoms with Gasteiger partial charge in [0.05, 0.1) is 23.8 Å². The molecule has 0 saturated carbocycles. The summed E-state index contributed by atoms with van der Waals surface area (Å²) < 4.78 is 46.9. The average Bonchev–Trinajstić information content (AvgIpc) is 3.09. The third-order valence-electron chi connectivity index (χ3n) is 5.24. The molecule has 0 aliphatic heterocycles. The van der Waals surface area contributed by atoms with Gasteiger partial charge in [-0.1, -0.05) is 34.1 Å². The molecule has 0 radical (unpaired) electrons. The van der Waals surface area contributed by atoms with Crippen molar-refractivity contribution < 1.29 is 27.7 Å². The lowest BCUT2D eigenvalue weighted by Crippen LogP contribution is -2.37. The topological polar surface area (TPSA) is 61.4 Å². The molecule has 31 heavy (non-hydrogen) atoms. The molecule has 0 atom stereocenters. The Morgan fingerprint density at radius 3 is 2.71 bits per heavy atom. The van der Waals surface area contributed by atoms with Gasteiger partial charge in [0.1, 0.15) is 11.3 Å². The van der Waals surface area contributed by atoms with E-state index in [4.69, 9.17) is 4.74 Å². The van der Waals surface area contributed by atoms with Crippen molar-refractivity contribution >= 4 is 43.6 Å². The van der Waals surface area contributed by atoms with Crippen molar-refractivity contribution in [1.29, 1.82) is 0 Å². The first-order chi connectivity index (χ1) is 14.8. The molecule has 1 aliphatic carbocycles. The molecule has 1 heterocycles. The first-order valence-electron chi connectivity index (χ1n) is 9.22. The van der Waals surface area contributed by atoms with Crippen molar-refractivity contribution in [3.8, 4) is 28.3 Å².